The fourth-order valence-corrected chi connectivity index (χ4v) is 1.96. The van der Waals surface area contributed by atoms with E-state index in [4.69, 9.17) is 0 Å². The number of rotatable bonds is 3. The van der Waals surface area contributed by atoms with E-state index in [0.29, 0.717) is 5.69 Å². The molecule has 0 aliphatic carbocycles. The fraction of sp³-hybridized carbons (Fsp3) is 0.400. The minimum atomic E-state index is -5.26. The van der Waals surface area contributed by atoms with Crippen molar-refractivity contribution in [2.24, 2.45) is 0 Å². The summed E-state index contributed by atoms with van der Waals surface area (Å²) in [6.07, 6.45) is 0. The Kier molecular flexibility index (Phi) is 3.71. The molecule has 0 bridgehead atoms. The van der Waals surface area contributed by atoms with Gasteiger partial charge < -0.3 is 5.32 Å². The summed E-state index contributed by atoms with van der Waals surface area (Å²) in [5.41, 5.74) is -4.69. The second kappa shape index (κ2) is 4.56. The van der Waals surface area contributed by atoms with E-state index in [1.165, 1.54) is 12.1 Å². The number of benzene rings is 1. The van der Waals surface area contributed by atoms with Gasteiger partial charge in [0.05, 0.1) is 4.90 Å². The van der Waals surface area contributed by atoms with Gasteiger partial charge in [-0.3, -0.25) is 0 Å². The third kappa shape index (κ3) is 3.12. The number of sulfone groups is 1. The van der Waals surface area contributed by atoms with E-state index in [-0.39, 0.29) is 6.04 Å². The molecule has 0 aromatic heterocycles. The van der Waals surface area contributed by atoms with Gasteiger partial charge in [0.2, 0.25) is 0 Å². The number of anilines is 1. The maximum atomic E-state index is 12.2. The molecule has 0 amide bonds. The molecule has 0 fully saturated rings. The first-order valence-electron chi connectivity index (χ1n) is 4.82. The minimum absolute atomic E-state index is 0.111. The van der Waals surface area contributed by atoms with E-state index in [1.807, 2.05) is 13.8 Å². The molecule has 1 aromatic carbocycles. The minimum Gasteiger partial charge on any atom is -0.383 e. The van der Waals surface area contributed by atoms with Crippen LogP contribution in [0.15, 0.2) is 29.2 Å². The van der Waals surface area contributed by atoms with Crippen molar-refractivity contribution >= 4 is 15.5 Å². The molecule has 0 unspecified atom stereocenters. The molecular weight excluding hydrogens is 255 g/mol. The highest BCUT2D eigenvalue weighted by Gasteiger charge is 2.46. The quantitative estimate of drug-likeness (QED) is 0.916. The first kappa shape index (κ1) is 13.8. The number of hydrogen-bond acceptors (Lipinski definition) is 3. The normalized spacial score (nSPS) is 12.8. The summed E-state index contributed by atoms with van der Waals surface area (Å²) in [5.74, 6) is 0. The monoisotopic (exact) mass is 267 g/mol. The highest BCUT2D eigenvalue weighted by Crippen LogP contribution is 2.30. The summed E-state index contributed by atoms with van der Waals surface area (Å²) in [7, 11) is -5.25. The van der Waals surface area contributed by atoms with Crippen molar-refractivity contribution in [3.05, 3.63) is 24.3 Å². The van der Waals surface area contributed by atoms with E-state index < -0.39 is 20.2 Å². The van der Waals surface area contributed by atoms with Gasteiger partial charge in [-0.05, 0) is 38.1 Å². The molecule has 17 heavy (non-hydrogen) atoms. The Labute approximate surface area is 97.6 Å². The SMILES string of the molecule is CC(C)Nc1ccc(S(=O)(=O)C(F)(F)F)cc1. The molecule has 0 saturated carbocycles. The zero-order valence-corrected chi connectivity index (χ0v) is 10.1. The Hall–Kier alpha value is -1.24. The lowest BCUT2D eigenvalue weighted by Crippen LogP contribution is -2.23. The maximum Gasteiger partial charge on any atom is 0.501 e. The molecule has 0 radical (unpaired) electrons. The Bertz CT molecular complexity index is 477. The van der Waals surface area contributed by atoms with E-state index >= 15 is 0 Å². The van der Waals surface area contributed by atoms with E-state index in [9.17, 15) is 21.6 Å². The van der Waals surface area contributed by atoms with Gasteiger partial charge in [0.1, 0.15) is 0 Å². The van der Waals surface area contributed by atoms with E-state index in [1.54, 1.807) is 0 Å². The average Bonchev–Trinajstić information content (AvgIpc) is 2.15. The second-order valence-electron chi connectivity index (χ2n) is 3.77. The molecule has 0 spiro atoms. The highest BCUT2D eigenvalue weighted by atomic mass is 32.2. The number of halogens is 3. The summed E-state index contributed by atoms with van der Waals surface area (Å²) in [6, 6.07) is 4.60. The second-order valence-corrected chi connectivity index (χ2v) is 5.71. The lowest BCUT2D eigenvalue weighted by Gasteiger charge is -2.11. The average molecular weight is 267 g/mol. The summed E-state index contributed by atoms with van der Waals surface area (Å²) in [4.78, 5) is -0.751. The summed E-state index contributed by atoms with van der Waals surface area (Å²) < 4.78 is 58.8. The van der Waals surface area contributed by atoms with Crippen LogP contribution < -0.4 is 5.32 Å². The third-order valence-electron chi connectivity index (χ3n) is 1.92. The topological polar surface area (TPSA) is 46.2 Å². The Morgan fingerprint density at radius 3 is 1.94 bits per heavy atom. The molecule has 0 saturated heterocycles. The van der Waals surface area contributed by atoms with Gasteiger partial charge in [0.15, 0.2) is 0 Å². The number of alkyl halides is 3. The predicted octanol–water partition coefficient (Wildman–Crippen LogP) is 2.80. The van der Waals surface area contributed by atoms with Gasteiger partial charge in [-0.2, -0.15) is 13.2 Å². The Morgan fingerprint density at radius 1 is 1.12 bits per heavy atom. The van der Waals surface area contributed by atoms with E-state index in [2.05, 4.69) is 5.32 Å². The molecule has 7 heteroatoms. The molecule has 0 aliphatic rings. The van der Waals surface area contributed by atoms with Gasteiger partial charge in [0, 0.05) is 11.7 Å². The van der Waals surface area contributed by atoms with Gasteiger partial charge in [-0.25, -0.2) is 8.42 Å². The molecule has 3 nitrogen and oxygen atoms in total. The largest absolute Gasteiger partial charge is 0.501 e. The molecule has 0 heterocycles. The van der Waals surface area contributed by atoms with Gasteiger partial charge in [0.25, 0.3) is 9.84 Å². The molecular formula is C10H12F3NO2S. The van der Waals surface area contributed by atoms with Crippen molar-refractivity contribution in [1.82, 2.24) is 0 Å². The van der Waals surface area contributed by atoms with Gasteiger partial charge in [-0.15, -0.1) is 0 Å². The zero-order valence-electron chi connectivity index (χ0n) is 9.25. The standard InChI is InChI=1S/C10H12F3NO2S/c1-7(2)14-8-3-5-9(6-4-8)17(15,16)10(11,12)13/h3-7,14H,1-2H3. The van der Waals surface area contributed by atoms with Crippen molar-refractivity contribution in [3.63, 3.8) is 0 Å². The highest BCUT2D eigenvalue weighted by molar-refractivity contribution is 7.92. The molecule has 1 aromatic rings. The molecule has 0 aliphatic heterocycles. The van der Waals surface area contributed by atoms with Crippen LogP contribution in [0.2, 0.25) is 0 Å². The summed E-state index contributed by atoms with van der Waals surface area (Å²) >= 11 is 0. The van der Waals surface area contributed by atoms with Crippen LogP contribution in [0.4, 0.5) is 18.9 Å². The first-order chi connectivity index (χ1) is 7.64. The lowest BCUT2D eigenvalue weighted by molar-refractivity contribution is -0.0436. The van der Waals surface area contributed by atoms with Crippen LogP contribution >= 0.6 is 0 Å². The zero-order chi connectivity index (χ0) is 13.3. The van der Waals surface area contributed by atoms with Crippen molar-refractivity contribution < 1.29 is 21.6 Å². The molecule has 1 N–H and O–H groups in total. The van der Waals surface area contributed by atoms with E-state index in [0.717, 1.165) is 12.1 Å². The van der Waals surface area contributed by atoms with Crippen LogP contribution in [-0.4, -0.2) is 20.0 Å². The van der Waals surface area contributed by atoms with Crippen molar-refractivity contribution in [2.45, 2.75) is 30.3 Å². The maximum absolute atomic E-state index is 12.2. The van der Waals surface area contributed by atoms with Crippen LogP contribution in [0.1, 0.15) is 13.8 Å². The smallest absolute Gasteiger partial charge is 0.383 e. The Morgan fingerprint density at radius 2 is 1.59 bits per heavy atom. The molecule has 0 atom stereocenters. The van der Waals surface area contributed by atoms with Crippen LogP contribution in [0.25, 0.3) is 0 Å². The molecule has 96 valence electrons. The van der Waals surface area contributed by atoms with Crippen LogP contribution in [0.5, 0.6) is 0 Å². The number of nitrogens with one attached hydrogen (secondary N) is 1. The van der Waals surface area contributed by atoms with Gasteiger partial charge in [-0.1, -0.05) is 0 Å². The van der Waals surface area contributed by atoms with Crippen LogP contribution in [0.3, 0.4) is 0 Å². The Balaban J connectivity index is 3.04. The van der Waals surface area contributed by atoms with Gasteiger partial charge >= 0.3 is 5.51 Å². The van der Waals surface area contributed by atoms with Crippen molar-refractivity contribution in [2.75, 3.05) is 5.32 Å². The van der Waals surface area contributed by atoms with Crippen LogP contribution in [0, 0.1) is 0 Å². The fourth-order valence-electron chi connectivity index (χ4n) is 1.20. The number of hydrogen-bond donors (Lipinski definition) is 1. The van der Waals surface area contributed by atoms with Crippen molar-refractivity contribution in [1.29, 1.82) is 0 Å². The third-order valence-corrected chi connectivity index (χ3v) is 3.43. The predicted molar refractivity (Wildman–Crippen MR) is 58.4 cm³/mol. The molecule has 1 rings (SSSR count). The first-order valence-corrected chi connectivity index (χ1v) is 6.31. The summed E-state index contributed by atoms with van der Waals surface area (Å²) in [5, 5.41) is 2.95. The van der Waals surface area contributed by atoms with Crippen LogP contribution in [-0.2, 0) is 9.84 Å². The lowest BCUT2D eigenvalue weighted by atomic mass is 10.3. The summed E-state index contributed by atoms with van der Waals surface area (Å²) in [6.45, 7) is 3.72. The van der Waals surface area contributed by atoms with Crippen molar-refractivity contribution in [3.8, 4) is 0 Å².